The van der Waals surface area contributed by atoms with E-state index in [9.17, 15) is 14.7 Å². The van der Waals surface area contributed by atoms with E-state index in [1.165, 1.54) is 17.3 Å². The third-order valence-corrected chi connectivity index (χ3v) is 6.89. The number of carbonyl (C=O) groups excluding carboxylic acids is 2. The number of aromatic amines is 1. The number of anilines is 1. The van der Waals surface area contributed by atoms with E-state index in [2.05, 4.69) is 27.2 Å². The molecule has 1 aromatic heterocycles. The molecule has 1 aromatic carbocycles. The van der Waals surface area contributed by atoms with Crippen molar-refractivity contribution in [1.82, 2.24) is 20.2 Å². The Morgan fingerprint density at radius 1 is 1.33 bits per heavy atom. The predicted molar refractivity (Wildman–Crippen MR) is 111 cm³/mol. The van der Waals surface area contributed by atoms with E-state index in [0.29, 0.717) is 5.69 Å². The first-order valence-electron chi connectivity index (χ1n) is 9.82. The Morgan fingerprint density at radius 3 is 2.80 bits per heavy atom. The van der Waals surface area contributed by atoms with Crippen molar-refractivity contribution in [2.24, 2.45) is 5.41 Å². The normalized spacial score (nSPS) is 31.1. The molecule has 0 spiro atoms. The topological polar surface area (TPSA) is 110 Å². The van der Waals surface area contributed by atoms with Gasteiger partial charge in [-0.15, -0.1) is 6.58 Å². The maximum Gasteiger partial charge on any atom is 0.278 e. The van der Waals surface area contributed by atoms with Crippen molar-refractivity contribution < 1.29 is 14.7 Å². The van der Waals surface area contributed by atoms with Crippen LogP contribution in [0.5, 0.6) is 0 Å². The second kappa shape index (κ2) is 5.82. The molecule has 0 radical (unpaired) electrons. The number of aliphatic hydroxyl groups is 1. The lowest BCUT2D eigenvalue weighted by atomic mass is 9.60. The number of benzene rings is 1. The molecule has 0 saturated carbocycles. The highest BCUT2D eigenvalue weighted by molar-refractivity contribution is 6.09. The maximum atomic E-state index is 13.5. The average molecular weight is 405 g/mol. The number of hydrogen-bond acceptors (Lipinski definition) is 5. The van der Waals surface area contributed by atoms with Gasteiger partial charge in [-0.25, -0.2) is 4.98 Å². The monoisotopic (exact) mass is 405 g/mol. The Bertz CT molecular complexity index is 1110. The zero-order valence-electron chi connectivity index (χ0n) is 16.8. The summed E-state index contributed by atoms with van der Waals surface area (Å²) in [5.41, 5.74) is -0.745. The van der Waals surface area contributed by atoms with Gasteiger partial charge in [0.05, 0.1) is 18.2 Å². The summed E-state index contributed by atoms with van der Waals surface area (Å²) in [4.78, 5) is 34.7. The Kier molecular flexibility index (Phi) is 3.62. The Balaban J connectivity index is 1.70. The minimum Gasteiger partial charge on any atom is -0.364 e. The predicted octanol–water partition coefficient (Wildman–Crippen LogP) is 1.70. The summed E-state index contributed by atoms with van der Waals surface area (Å²) in [5.74, 6) is -1.08. The summed E-state index contributed by atoms with van der Waals surface area (Å²) in [7, 11) is 0. The molecule has 2 fully saturated rings. The zero-order valence-corrected chi connectivity index (χ0v) is 16.8. The van der Waals surface area contributed by atoms with Crippen LogP contribution in [0, 0.1) is 5.41 Å². The van der Waals surface area contributed by atoms with E-state index in [-0.39, 0.29) is 12.1 Å². The van der Waals surface area contributed by atoms with Crippen LogP contribution in [0.15, 0.2) is 55.1 Å². The number of aromatic nitrogens is 2. The molecule has 2 saturated heterocycles. The lowest BCUT2D eigenvalue weighted by molar-refractivity contribution is -0.173. The van der Waals surface area contributed by atoms with Crippen molar-refractivity contribution in [3.8, 4) is 0 Å². The van der Waals surface area contributed by atoms with Crippen molar-refractivity contribution in [2.75, 3.05) is 5.32 Å². The van der Waals surface area contributed by atoms with Crippen LogP contribution >= 0.6 is 0 Å². The fourth-order valence-corrected chi connectivity index (χ4v) is 5.17. The summed E-state index contributed by atoms with van der Waals surface area (Å²) < 4.78 is 0. The molecule has 3 atom stereocenters. The third-order valence-electron chi connectivity index (χ3n) is 6.89. The van der Waals surface area contributed by atoms with Gasteiger partial charge in [0.25, 0.3) is 11.8 Å². The highest BCUT2D eigenvalue weighted by Gasteiger charge is 2.72. The lowest BCUT2D eigenvalue weighted by Gasteiger charge is -2.43. The minimum atomic E-state index is -1.98. The summed E-state index contributed by atoms with van der Waals surface area (Å²) in [6.07, 6.45) is 5.83. The number of carbonyl (C=O) groups is 2. The molecule has 0 unspecified atom stereocenters. The SMILES string of the molecule is C=CC(C)(C)[C@@]12C[C@]3(O)C(=O)NC(=Cc4cnc[nH]4)C(=O)N3[C@@H]1Nc1ccccc12. The van der Waals surface area contributed by atoms with Crippen molar-refractivity contribution in [3.05, 3.63) is 66.4 Å². The number of amides is 2. The quantitative estimate of drug-likeness (QED) is 0.459. The van der Waals surface area contributed by atoms with Gasteiger partial charge in [0.2, 0.25) is 5.72 Å². The van der Waals surface area contributed by atoms with Crippen LogP contribution in [0.1, 0.15) is 31.5 Å². The first kappa shape index (κ1) is 18.6. The van der Waals surface area contributed by atoms with E-state index in [0.717, 1.165) is 11.3 Å². The number of imidazole rings is 1. The van der Waals surface area contributed by atoms with Crippen LogP contribution in [0.4, 0.5) is 5.69 Å². The number of piperazine rings is 1. The van der Waals surface area contributed by atoms with Crippen LogP contribution in [0.2, 0.25) is 0 Å². The van der Waals surface area contributed by atoms with Crippen molar-refractivity contribution >= 4 is 23.6 Å². The molecule has 154 valence electrons. The molecule has 0 bridgehead atoms. The van der Waals surface area contributed by atoms with Crippen LogP contribution in [0.3, 0.4) is 0 Å². The standard InChI is InChI=1S/C22H23N5O3/c1-4-20(2,3)21-11-22(30)19(29)26-16(9-13-10-23-12-24-13)17(28)27(22)18(21)25-15-8-6-5-7-14(15)21/h4-10,12,18,25,30H,1,11H2,2-3H3,(H,23,24)(H,26,29)/t18-,21+,22-/m0/s1. The number of nitrogens with one attached hydrogen (secondary N) is 3. The van der Waals surface area contributed by atoms with Gasteiger partial charge in [-0.2, -0.15) is 0 Å². The number of allylic oxidation sites excluding steroid dienone is 1. The van der Waals surface area contributed by atoms with Gasteiger partial charge in [-0.05, 0) is 23.1 Å². The van der Waals surface area contributed by atoms with Crippen LogP contribution in [0.25, 0.3) is 6.08 Å². The second-order valence-corrected chi connectivity index (χ2v) is 8.68. The number of para-hydroxylation sites is 1. The van der Waals surface area contributed by atoms with Crippen molar-refractivity contribution in [3.63, 3.8) is 0 Å². The molecule has 8 heteroatoms. The van der Waals surface area contributed by atoms with E-state index in [4.69, 9.17) is 0 Å². The van der Waals surface area contributed by atoms with Crippen molar-refractivity contribution in [1.29, 1.82) is 0 Å². The Hall–Kier alpha value is -3.39. The highest BCUT2D eigenvalue weighted by Crippen LogP contribution is 2.62. The fourth-order valence-electron chi connectivity index (χ4n) is 5.17. The first-order chi connectivity index (χ1) is 14.2. The molecule has 0 aliphatic carbocycles. The number of fused-ring (bicyclic) bond motifs is 5. The molecule has 5 rings (SSSR count). The smallest absolute Gasteiger partial charge is 0.278 e. The van der Waals surface area contributed by atoms with E-state index >= 15 is 0 Å². The largest absolute Gasteiger partial charge is 0.364 e. The van der Waals surface area contributed by atoms with Gasteiger partial charge in [0.15, 0.2) is 0 Å². The molecular formula is C22H23N5O3. The maximum absolute atomic E-state index is 13.5. The van der Waals surface area contributed by atoms with Gasteiger partial charge in [0, 0.05) is 17.5 Å². The van der Waals surface area contributed by atoms with E-state index < -0.39 is 34.5 Å². The Morgan fingerprint density at radius 2 is 2.10 bits per heavy atom. The highest BCUT2D eigenvalue weighted by atomic mass is 16.3. The van der Waals surface area contributed by atoms with E-state index in [1.54, 1.807) is 6.20 Å². The van der Waals surface area contributed by atoms with Crippen LogP contribution in [-0.4, -0.2) is 43.7 Å². The molecule has 4 N–H and O–H groups in total. The van der Waals surface area contributed by atoms with E-state index in [1.807, 2.05) is 44.2 Å². The molecule has 2 amide bonds. The third kappa shape index (κ3) is 2.11. The molecule has 4 heterocycles. The van der Waals surface area contributed by atoms with Gasteiger partial charge in [-0.3, -0.25) is 14.5 Å². The molecule has 8 nitrogen and oxygen atoms in total. The van der Waals surface area contributed by atoms with Crippen molar-refractivity contribution in [2.45, 2.75) is 37.6 Å². The minimum absolute atomic E-state index is 0.0581. The average Bonchev–Trinajstić information content (AvgIpc) is 3.39. The van der Waals surface area contributed by atoms with Gasteiger partial charge >= 0.3 is 0 Å². The fraction of sp³-hybridized carbons (Fsp3) is 0.318. The summed E-state index contributed by atoms with van der Waals surface area (Å²) in [6.45, 7) is 8.04. The Labute approximate surface area is 173 Å². The van der Waals surface area contributed by atoms with Crippen LogP contribution in [-0.2, 0) is 15.0 Å². The number of nitrogens with zero attached hydrogens (tertiary/aromatic N) is 2. The van der Waals surface area contributed by atoms with Crippen LogP contribution < -0.4 is 10.6 Å². The molecule has 30 heavy (non-hydrogen) atoms. The number of H-pyrrole nitrogens is 1. The van der Waals surface area contributed by atoms with Gasteiger partial charge < -0.3 is 20.7 Å². The molecular weight excluding hydrogens is 382 g/mol. The number of hydrogen-bond donors (Lipinski definition) is 4. The molecule has 3 aliphatic heterocycles. The summed E-state index contributed by atoms with van der Waals surface area (Å²) in [6, 6.07) is 7.78. The zero-order chi connectivity index (χ0) is 21.3. The molecule has 2 aromatic rings. The lowest BCUT2D eigenvalue weighted by Crippen LogP contribution is -2.66. The number of rotatable bonds is 3. The second-order valence-electron chi connectivity index (χ2n) is 8.68. The molecule has 3 aliphatic rings. The summed E-state index contributed by atoms with van der Waals surface area (Å²) in [5, 5.41) is 17.5. The van der Waals surface area contributed by atoms with Gasteiger partial charge in [0.1, 0.15) is 11.9 Å². The summed E-state index contributed by atoms with van der Waals surface area (Å²) >= 11 is 0. The first-order valence-corrected chi connectivity index (χ1v) is 9.82. The van der Waals surface area contributed by atoms with Gasteiger partial charge in [-0.1, -0.05) is 38.1 Å².